The third kappa shape index (κ3) is 5.85. The summed E-state index contributed by atoms with van der Waals surface area (Å²) in [6, 6.07) is 0. The number of guanidine groups is 1. The van der Waals surface area contributed by atoms with Crippen molar-refractivity contribution in [2.24, 2.45) is 4.99 Å². The van der Waals surface area contributed by atoms with Gasteiger partial charge in [0.2, 0.25) is 0 Å². The standard InChI is InChI=1S/C11H19N3S.HI/c1-3-9-15-10-6-13-11(12-2)14-7-4-5-8-14;/h1H,4-10H2,2H3,(H,12,13);1H. The number of nitrogens with one attached hydrogen (secondary N) is 1. The number of nitrogens with zero attached hydrogens (tertiary/aromatic N) is 2. The minimum atomic E-state index is 0. The molecular formula is C11H20IN3S. The Bertz CT molecular complexity index is 244. The summed E-state index contributed by atoms with van der Waals surface area (Å²) in [5.74, 6) is 5.49. The van der Waals surface area contributed by atoms with Crippen molar-refractivity contribution < 1.29 is 0 Å². The molecule has 0 aromatic carbocycles. The Morgan fingerprint density at radius 1 is 1.50 bits per heavy atom. The van der Waals surface area contributed by atoms with Crippen LogP contribution >= 0.6 is 35.7 Å². The quantitative estimate of drug-likeness (QED) is 0.274. The molecule has 0 radical (unpaired) electrons. The van der Waals surface area contributed by atoms with Crippen LogP contribution in [-0.4, -0.2) is 49.0 Å². The van der Waals surface area contributed by atoms with E-state index in [9.17, 15) is 0 Å². The highest BCUT2D eigenvalue weighted by atomic mass is 127. The van der Waals surface area contributed by atoms with Gasteiger partial charge < -0.3 is 10.2 Å². The van der Waals surface area contributed by atoms with E-state index in [2.05, 4.69) is 21.1 Å². The molecule has 1 heterocycles. The average Bonchev–Trinajstić information content (AvgIpc) is 2.77. The molecule has 1 aliphatic heterocycles. The zero-order valence-electron chi connectivity index (χ0n) is 9.74. The Hall–Kier alpha value is -0.0900. The molecule has 1 N–H and O–H groups in total. The number of aliphatic imine (C=N–C) groups is 1. The normalized spacial score (nSPS) is 15.5. The minimum absolute atomic E-state index is 0. The number of thioether (sulfide) groups is 1. The lowest BCUT2D eigenvalue weighted by Gasteiger charge is -2.20. The van der Waals surface area contributed by atoms with Gasteiger partial charge in [-0.05, 0) is 12.8 Å². The molecule has 0 aromatic heterocycles. The van der Waals surface area contributed by atoms with Crippen LogP contribution in [0.1, 0.15) is 12.8 Å². The summed E-state index contributed by atoms with van der Waals surface area (Å²) in [5, 5.41) is 3.36. The molecule has 0 saturated carbocycles. The fourth-order valence-electron chi connectivity index (χ4n) is 1.63. The highest BCUT2D eigenvalue weighted by Crippen LogP contribution is 2.07. The third-order valence-corrected chi connectivity index (χ3v) is 3.20. The monoisotopic (exact) mass is 353 g/mol. The molecule has 1 aliphatic rings. The van der Waals surface area contributed by atoms with Crippen molar-refractivity contribution in [1.82, 2.24) is 10.2 Å². The van der Waals surface area contributed by atoms with Crippen molar-refractivity contribution in [2.75, 3.05) is 38.2 Å². The summed E-state index contributed by atoms with van der Waals surface area (Å²) in [6.07, 6.45) is 7.74. The first-order valence-electron chi connectivity index (χ1n) is 5.35. The Kier molecular flexibility index (Phi) is 10.0. The third-order valence-electron chi connectivity index (χ3n) is 2.33. The highest BCUT2D eigenvalue weighted by Gasteiger charge is 2.14. The maximum atomic E-state index is 5.17. The Labute approximate surface area is 120 Å². The smallest absolute Gasteiger partial charge is 0.193 e. The summed E-state index contributed by atoms with van der Waals surface area (Å²) in [4.78, 5) is 6.58. The van der Waals surface area contributed by atoms with Crippen molar-refractivity contribution in [3.63, 3.8) is 0 Å². The van der Waals surface area contributed by atoms with Gasteiger partial charge >= 0.3 is 0 Å². The van der Waals surface area contributed by atoms with E-state index in [1.165, 1.54) is 12.8 Å². The molecule has 5 heteroatoms. The van der Waals surface area contributed by atoms with Crippen molar-refractivity contribution in [2.45, 2.75) is 12.8 Å². The molecule has 92 valence electrons. The SMILES string of the molecule is C#CCSCCNC(=NC)N1CCCC1.I. The molecule has 0 aliphatic carbocycles. The van der Waals surface area contributed by atoms with Crippen LogP contribution in [0.4, 0.5) is 0 Å². The molecule has 1 fully saturated rings. The van der Waals surface area contributed by atoms with E-state index in [1.807, 2.05) is 7.05 Å². The second kappa shape index (κ2) is 10.1. The number of halogens is 1. The molecule has 1 saturated heterocycles. The molecule has 0 amide bonds. The number of likely N-dealkylation sites (tertiary alicyclic amines) is 1. The Morgan fingerprint density at radius 2 is 2.19 bits per heavy atom. The van der Waals surface area contributed by atoms with Crippen molar-refractivity contribution in [1.29, 1.82) is 0 Å². The lowest BCUT2D eigenvalue weighted by molar-refractivity contribution is 0.496. The predicted molar refractivity (Wildman–Crippen MR) is 83.7 cm³/mol. The van der Waals surface area contributed by atoms with E-state index >= 15 is 0 Å². The van der Waals surface area contributed by atoms with E-state index < -0.39 is 0 Å². The predicted octanol–water partition coefficient (Wildman–Crippen LogP) is 1.64. The van der Waals surface area contributed by atoms with Crippen molar-refractivity contribution in [3.05, 3.63) is 0 Å². The fourth-order valence-corrected chi connectivity index (χ4v) is 2.14. The lowest BCUT2D eigenvalue weighted by atomic mass is 10.4. The van der Waals surface area contributed by atoms with Crippen LogP contribution in [0.5, 0.6) is 0 Å². The van der Waals surface area contributed by atoms with Gasteiger partial charge in [0.05, 0.1) is 5.75 Å². The maximum absolute atomic E-state index is 5.17. The molecule has 0 bridgehead atoms. The van der Waals surface area contributed by atoms with Crippen LogP contribution in [-0.2, 0) is 0 Å². The zero-order chi connectivity index (χ0) is 10.9. The molecule has 0 atom stereocenters. The molecule has 16 heavy (non-hydrogen) atoms. The second-order valence-electron chi connectivity index (χ2n) is 3.42. The summed E-state index contributed by atoms with van der Waals surface area (Å²) < 4.78 is 0. The van der Waals surface area contributed by atoms with Crippen LogP contribution in [0.3, 0.4) is 0 Å². The number of hydrogen-bond donors (Lipinski definition) is 1. The van der Waals surface area contributed by atoms with Crippen molar-refractivity contribution >= 4 is 41.7 Å². The zero-order valence-corrected chi connectivity index (χ0v) is 12.9. The molecule has 0 spiro atoms. The first-order valence-corrected chi connectivity index (χ1v) is 6.50. The molecule has 0 unspecified atom stereocenters. The van der Waals surface area contributed by atoms with Crippen LogP contribution < -0.4 is 5.32 Å². The van der Waals surface area contributed by atoms with Gasteiger partial charge in [-0.1, -0.05) is 5.92 Å². The average molecular weight is 353 g/mol. The van der Waals surface area contributed by atoms with E-state index in [0.29, 0.717) is 0 Å². The van der Waals surface area contributed by atoms with E-state index in [4.69, 9.17) is 6.42 Å². The van der Waals surface area contributed by atoms with Gasteiger partial charge in [-0.2, -0.15) is 0 Å². The van der Waals surface area contributed by atoms with Gasteiger partial charge in [-0.3, -0.25) is 4.99 Å². The fraction of sp³-hybridized carbons (Fsp3) is 0.727. The van der Waals surface area contributed by atoms with Crippen LogP contribution in [0, 0.1) is 12.3 Å². The molecule has 3 nitrogen and oxygen atoms in total. The summed E-state index contributed by atoms with van der Waals surface area (Å²) in [7, 11) is 1.84. The van der Waals surface area contributed by atoms with Gasteiger partial charge in [0.1, 0.15) is 0 Å². The van der Waals surface area contributed by atoms with E-state index in [-0.39, 0.29) is 24.0 Å². The number of hydrogen-bond acceptors (Lipinski definition) is 2. The maximum Gasteiger partial charge on any atom is 0.193 e. The van der Waals surface area contributed by atoms with Gasteiger partial charge in [0, 0.05) is 32.4 Å². The summed E-state index contributed by atoms with van der Waals surface area (Å²) >= 11 is 1.78. The number of terminal acetylenes is 1. The second-order valence-corrected chi connectivity index (χ2v) is 4.53. The summed E-state index contributed by atoms with van der Waals surface area (Å²) in [6.45, 7) is 3.21. The van der Waals surface area contributed by atoms with Crippen LogP contribution in [0.2, 0.25) is 0 Å². The lowest BCUT2D eigenvalue weighted by Crippen LogP contribution is -2.40. The van der Waals surface area contributed by atoms with Crippen LogP contribution in [0.15, 0.2) is 4.99 Å². The highest BCUT2D eigenvalue weighted by molar-refractivity contribution is 14.0. The Balaban J connectivity index is 0.00000225. The first-order chi connectivity index (χ1) is 7.38. The Morgan fingerprint density at radius 3 is 2.75 bits per heavy atom. The van der Waals surface area contributed by atoms with Gasteiger partial charge in [-0.25, -0.2) is 0 Å². The largest absolute Gasteiger partial charge is 0.355 e. The van der Waals surface area contributed by atoms with E-state index in [1.54, 1.807) is 11.8 Å². The van der Waals surface area contributed by atoms with Crippen LogP contribution in [0.25, 0.3) is 0 Å². The first kappa shape index (κ1) is 15.9. The topological polar surface area (TPSA) is 27.6 Å². The summed E-state index contributed by atoms with van der Waals surface area (Å²) in [5.41, 5.74) is 0. The molecule has 1 rings (SSSR count). The van der Waals surface area contributed by atoms with Gasteiger partial charge in [0.25, 0.3) is 0 Å². The van der Waals surface area contributed by atoms with Gasteiger partial charge in [-0.15, -0.1) is 42.2 Å². The molecular weight excluding hydrogens is 333 g/mol. The number of rotatable bonds is 4. The van der Waals surface area contributed by atoms with Crippen molar-refractivity contribution in [3.8, 4) is 12.3 Å². The molecule has 0 aromatic rings. The minimum Gasteiger partial charge on any atom is -0.355 e. The van der Waals surface area contributed by atoms with Gasteiger partial charge in [0.15, 0.2) is 5.96 Å². The van der Waals surface area contributed by atoms with E-state index in [0.717, 1.165) is 37.1 Å².